The molecular weight excluding hydrogens is 320 g/mol. The molecule has 0 aromatic heterocycles. The van der Waals surface area contributed by atoms with Crippen molar-refractivity contribution in [2.45, 2.75) is 18.2 Å². The molecule has 0 aliphatic carbocycles. The molecule has 0 aliphatic rings. The Morgan fingerprint density at radius 1 is 1.61 bits per heavy atom. The van der Waals surface area contributed by atoms with Gasteiger partial charge in [-0.25, -0.2) is 0 Å². The van der Waals surface area contributed by atoms with E-state index >= 15 is 0 Å². The number of thioether (sulfide) groups is 1. The van der Waals surface area contributed by atoms with Crippen LogP contribution in [0.15, 0.2) is 22.7 Å². The number of hydrogen-bond acceptors (Lipinski definition) is 5. The molecule has 0 aliphatic heterocycles. The van der Waals surface area contributed by atoms with E-state index in [-0.39, 0.29) is 23.6 Å². The van der Waals surface area contributed by atoms with Crippen LogP contribution >= 0.6 is 27.7 Å². The van der Waals surface area contributed by atoms with E-state index < -0.39 is 4.92 Å². The average Bonchev–Trinajstić information content (AvgIpc) is 2.33. The number of hydrogen-bond donors (Lipinski definition) is 2. The molecule has 0 fully saturated rings. The Kier molecular flexibility index (Phi) is 5.90. The monoisotopic (exact) mass is 334 g/mol. The van der Waals surface area contributed by atoms with Crippen molar-refractivity contribution in [3.8, 4) is 0 Å². The van der Waals surface area contributed by atoms with Crippen LogP contribution in [0.3, 0.4) is 0 Å². The fourth-order valence-electron chi connectivity index (χ4n) is 1.51. The van der Waals surface area contributed by atoms with Crippen LogP contribution in [0.5, 0.6) is 0 Å². The SMILES string of the molecule is CSC(CO)C(C)Nc1ccc([N+](=O)[O-])cc1Br. The van der Waals surface area contributed by atoms with Gasteiger partial charge in [-0.05, 0) is 35.2 Å². The molecule has 2 atom stereocenters. The molecule has 1 aromatic rings. The molecule has 2 N–H and O–H groups in total. The summed E-state index contributed by atoms with van der Waals surface area (Å²) in [5, 5.41) is 23.1. The van der Waals surface area contributed by atoms with Crippen molar-refractivity contribution in [2.24, 2.45) is 0 Å². The minimum Gasteiger partial charge on any atom is -0.395 e. The van der Waals surface area contributed by atoms with Gasteiger partial charge in [-0.3, -0.25) is 10.1 Å². The van der Waals surface area contributed by atoms with E-state index in [1.54, 1.807) is 17.8 Å². The molecule has 5 nitrogen and oxygen atoms in total. The third-order valence-corrected chi connectivity index (χ3v) is 4.41. The molecule has 0 spiro atoms. The Bertz CT molecular complexity index is 427. The number of nitrogens with zero attached hydrogens (tertiary/aromatic N) is 1. The Morgan fingerprint density at radius 2 is 2.28 bits per heavy atom. The van der Waals surface area contributed by atoms with Crippen LogP contribution in [0.2, 0.25) is 0 Å². The third kappa shape index (κ3) is 3.86. The number of aliphatic hydroxyl groups excluding tert-OH is 1. The minimum absolute atomic E-state index is 0.0450. The third-order valence-electron chi connectivity index (χ3n) is 2.59. The van der Waals surface area contributed by atoms with Crippen LogP contribution < -0.4 is 5.32 Å². The summed E-state index contributed by atoms with van der Waals surface area (Å²) in [7, 11) is 0. The van der Waals surface area contributed by atoms with E-state index in [2.05, 4.69) is 21.2 Å². The Morgan fingerprint density at radius 3 is 2.72 bits per heavy atom. The van der Waals surface area contributed by atoms with Crippen molar-refractivity contribution in [3.63, 3.8) is 0 Å². The highest BCUT2D eigenvalue weighted by Crippen LogP contribution is 2.28. The summed E-state index contributed by atoms with van der Waals surface area (Å²) in [5.41, 5.74) is 0.823. The zero-order valence-corrected chi connectivity index (χ0v) is 12.5. The molecule has 0 saturated carbocycles. The number of aliphatic hydroxyl groups is 1. The van der Waals surface area contributed by atoms with Crippen LogP contribution in [-0.2, 0) is 0 Å². The van der Waals surface area contributed by atoms with Crippen molar-refractivity contribution in [2.75, 3.05) is 18.2 Å². The molecule has 0 radical (unpaired) electrons. The maximum Gasteiger partial charge on any atom is 0.270 e. The average molecular weight is 335 g/mol. The molecule has 0 heterocycles. The Labute approximate surface area is 118 Å². The summed E-state index contributed by atoms with van der Waals surface area (Å²) in [6, 6.07) is 4.63. The maximum absolute atomic E-state index is 10.6. The van der Waals surface area contributed by atoms with Crippen LogP contribution in [0, 0.1) is 10.1 Å². The number of nitro benzene ring substituents is 1. The largest absolute Gasteiger partial charge is 0.395 e. The first-order valence-electron chi connectivity index (χ1n) is 5.33. The lowest BCUT2D eigenvalue weighted by atomic mass is 10.2. The summed E-state index contributed by atoms with van der Waals surface area (Å²) < 4.78 is 0.640. The van der Waals surface area contributed by atoms with Gasteiger partial charge in [-0.15, -0.1) is 0 Å². The summed E-state index contributed by atoms with van der Waals surface area (Å²) in [6.07, 6.45) is 1.93. The van der Waals surface area contributed by atoms with E-state index in [4.69, 9.17) is 0 Å². The highest BCUT2D eigenvalue weighted by molar-refractivity contribution is 9.10. The number of benzene rings is 1. The van der Waals surface area contributed by atoms with Gasteiger partial charge in [-0.2, -0.15) is 11.8 Å². The molecule has 0 saturated heterocycles. The number of halogens is 1. The number of non-ortho nitro benzene ring substituents is 1. The molecule has 18 heavy (non-hydrogen) atoms. The van der Waals surface area contributed by atoms with Gasteiger partial charge in [-0.1, -0.05) is 0 Å². The number of nitrogens with one attached hydrogen (secondary N) is 1. The standard InChI is InChI=1S/C11H15BrN2O3S/c1-7(11(6-15)18-2)13-10-4-3-8(14(16)17)5-9(10)12/h3-5,7,11,13,15H,6H2,1-2H3. The number of rotatable bonds is 6. The van der Waals surface area contributed by atoms with Gasteiger partial charge in [0.25, 0.3) is 5.69 Å². The zero-order chi connectivity index (χ0) is 13.7. The number of nitro groups is 1. The normalized spacial score (nSPS) is 14.0. The van der Waals surface area contributed by atoms with Crippen molar-refractivity contribution in [1.82, 2.24) is 0 Å². The van der Waals surface area contributed by atoms with Crippen molar-refractivity contribution < 1.29 is 10.0 Å². The fourth-order valence-corrected chi connectivity index (χ4v) is 2.62. The summed E-state index contributed by atoms with van der Waals surface area (Å²) in [6.45, 7) is 2.05. The quantitative estimate of drug-likeness (QED) is 0.618. The second-order valence-electron chi connectivity index (χ2n) is 3.81. The van der Waals surface area contributed by atoms with Gasteiger partial charge >= 0.3 is 0 Å². The highest BCUT2D eigenvalue weighted by Gasteiger charge is 2.17. The van der Waals surface area contributed by atoms with Crippen LogP contribution in [0.4, 0.5) is 11.4 Å². The first-order chi connectivity index (χ1) is 8.49. The minimum atomic E-state index is -0.434. The highest BCUT2D eigenvalue weighted by atomic mass is 79.9. The van der Waals surface area contributed by atoms with E-state index in [9.17, 15) is 15.2 Å². The van der Waals surface area contributed by atoms with Gasteiger partial charge in [0.1, 0.15) is 0 Å². The predicted molar refractivity (Wildman–Crippen MR) is 78.3 cm³/mol. The first kappa shape index (κ1) is 15.3. The van der Waals surface area contributed by atoms with Gasteiger partial charge in [0, 0.05) is 33.6 Å². The molecule has 1 rings (SSSR count). The smallest absolute Gasteiger partial charge is 0.270 e. The molecule has 0 amide bonds. The lowest BCUT2D eigenvalue weighted by Crippen LogP contribution is -2.31. The van der Waals surface area contributed by atoms with Gasteiger partial charge in [0.15, 0.2) is 0 Å². The van der Waals surface area contributed by atoms with Gasteiger partial charge < -0.3 is 10.4 Å². The molecule has 0 bridgehead atoms. The van der Waals surface area contributed by atoms with Crippen LogP contribution in [0.1, 0.15) is 6.92 Å². The molecule has 7 heteroatoms. The van der Waals surface area contributed by atoms with Crippen LogP contribution in [0.25, 0.3) is 0 Å². The van der Waals surface area contributed by atoms with Crippen molar-refractivity contribution in [1.29, 1.82) is 0 Å². The fraction of sp³-hybridized carbons (Fsp3) is 0.455. The second-order valence-corrected chi connectivity index (χ2v) is 5.74. The Hall–Kier alpha value is -0.790. The van der Waals surface area contributed by atoms with E-state index in [0.717, 1.165) is 5.69 Å². The van der Waals surface area contributed by atoms with Crippen molar-refractivity contribution in [3.05, 3.63) is 32.8 Å². The van der Waals surface area contributed by atoms with Crippen LogP contribution in [-0.4, -0.2) is 34.2 Å². The van der Waals surface area contributed by atoms with E-state index in [1.165, 1.54) is 12.1 Å². The Balaban J connectivity index is 2.82. The van der Waals surface area contributed by atoms with Crippen molar-refractivity contribution >= 4 is 39.1 Å². The molecule has 100 valence electrons. The number of anilines is 1. The topological polar surface area (TPSA) is 75.4 Å². The summed E-state index contributed by atoms with van der Waals surface area (Å²) >= 11 is 4.88. The second kappa shape index (κ2) is 6.96. The molecule has 2 unspecified atom stereocenters. The molecule has 1 aromatic carbocycles. The van der Waals surface area contributed by atoms with E-state index in [1.807, 2.05) is 13.2 Å². The first-order valence-corrected chi connectivity index (χ1v) is 7.41. The summed E-state index contributed by atoms with van der Waals surface area (Å²) in [5.74, 6) is 0. The zero-order valence-electron chi connectivity index (χ0n) is 10.1. The predicted octanol–water partition coefficient (Wildman–Crippen LogP) is 2.88. The van der Waals surface area contributed by atoms with Gasteiger partial charge in [0.05, 0.1) is 11.5 Å². The van der Waals surface area contributed by atoms with Gasteiger partial charge in [0.2, 0.25) is 0 Å². The van der Waals surface area contributed by atoms with E-state index in [0.29, 0.717) is 4.47 Å². The lowest BCUT2D eigenvalue weighted by Gasteiger charge is -2.22. The summed E-state index contributed by atoms with van der Waals surface area (Å²) in [4.78, 5) is 10.2. The lowest BCUT2D eigenvalue weighted by molar-refractivity contribution is -0.384. The maximum atomic E-state index is 10.6. The molecular formula is C11H15BrN2O3S.